The van der Waals surface area contributed by atoms with E-state index in [0.717, 1.165) is 0 Å². The summed E-state index contributed by atoms with van der Waals surface area (Å²) in [7, 11) is -3.57. The van der Waals surface area contributed by atoms with Gasteiger partial charge in [0, 0.05) is 10.7 Å². The van der Waals surface area contributed by atoms with Crippen molar-refractivity contribution in [1.29, 1.82) is 0 Å². The van der Waals surface area contributed by atoms with Gasteiger partial charge >= 0.3 is 5.97 Å². The van der Waals surface area contributed by atoms with Gasteiger partial charge < -0.3 is 4.74 Å². The number of halogens is 1. The van der Waals surface area contributed by atoms with Gasteiger partial charge in [-0.1, -0.05) is 41.9 Å². The number of sulfonamides is 1. The SMILES string of the molecule is CCOC(=O)Cc1cc(NS(=O)(=O)Cc2ccccc2)ccc1Cl. The highest BCUT2D eigenvalue weighted by molar-refractivity contribution is 7.91. The van der Waals surface area contributed by atoms with Gasteiger partial charge in [-0.05, 0) is 36.2 Å². The fourth-order valence-electron chi connectivity index (χ4n) is 2.15. The summed E-state index contributed by atoms with van der Waals surface area (Å²) in [4.78, 5) is 11.6. The topological polar surface area (TPSA) is 72.5 Å². The van der Waals surface area contributed by atoms with E-state index in [1.54, 1.807) is 49.4 Å². The van der Waals surface area contributed by atoms with Gasteiger partial charge in [-0.2, -0.15) is 0 Å². The average Bonchev–Trinajstić information content (AvgIpc) is 2.51. The van der Waals surface area contributed by atoms with Crippen LogP contribution in [0.1, 0.15) is 18.1 Å². The summed E-state index contributed by atoms with van der Waals surface area (Å²) in [5, 5.41) is 0.383. The Bertz CT molecular complexity index is 807. The molecule has 1 N–H and O–H groups in total. The van der Waals surface area contributed by atoms with Crippen molar-refractivity contribution in [3.05, 3.63) is 64.7 Å². The first-order chi connectivity index (χ1) is 11.4. The van der Waals surface area contributed by atoms with Crippen LogP contribution in [0, 0.1) is 0 Å². The summed E-state index contributed by atoms with van der Waals surface area (Å²) >= 11 is 6.06. The van der Waals surface area contributed by atoms with Gasteiger partial charge in [-0.15, -0.1) is 0 Å². The number of hydrogen-bond donors (Lipinski definition) is 1. The minimum atomic E-state index is -3.57. The molecule has 0 radical (unpaired) electrons. The molecule has 0 saturated carbocycles. The second-order valence-electron chi connectivity index (χ2n) is 5.13. The highest BCUT2D eigenvalue weighted by atomic mass is 35.5. The quantitative estimate of drug-likeness (QED) is 0.761. The summed E-state index contributed by atoms with van der Waals surface area (Å²) in [5.41, 5.74) is 1.55. The van der Waals surface area contributed by atoms with Crippen LogP contribution in [0.15, 0.2) is 48.5 Å². The number of carbonyl (C=O) groups excluding carboxylic acids is 1. The van der Waals surface area contributed by atoms with E-state index >= 15 is 0 Å². The molecule has 2 aromatic rings. The monoisotopic (exact) mass is 367 g/mol. The fourth-order valence-corrected chi connectivity index (χ4v) is 3.52. The molecule has 0 fully saturated rings. The maximum Gasteiger partial charge on any atom is 0.310 e. The summed E-state index contributed by atoms with van der Waals surface area (Å²) in [6.45, 7) is 1.99. The first-order valence-corrected chi connectivity index (χ1v) is 9.41. The molecule has 5 nitrogen and oxygen atoms in total. The Hall–Kier alpha value is -2.05. The molecule has 2 aromatic carbocycles. The van der Waals surface area contributed by atoms with Gasteiger partial charge in [0.15, 0.2) is 0 Å². The fraction of sp³-hybridized carbons (Fsp3) is 0.235. The van der Waals surface area contributed by atoms with Crippen LogP contribution >= 0.6 is 11.6 Å². The second-order valence-corrected chi connectivity index (χ2v) is 7.26. The Balaban J connectivity index is 2.13. The van der Waals surface area contributed by atoms with Gasteiger partial charge in [0.2, 0.25) is 10.0 Å². The summed E-state index contributed by atoms with van der Waals surface area (Å²) in [5.74, 6) is -0.548. The lowest BCUT2D eigenvalue weighted by molar-refractivity contribution is -0.142. The molecule has 0 spiro atoms. The van der Waals surface area contributed by atoms with Gasteiger partial charge in [0.25, 0.3) is 0 Å². The average molecular weight is 368 g/mol. The zero-order valence-electron chi connectivity index (χ0n) is 13.2. The number of anilines is 1. The third-order valence-corrected chi connectivity index (χ3v) is 4.79. The van der Waals surface area contributed by atoms with E-state index in [0.29, 0.717) is 21.8 Å². The lowest BCUT2D eigenvalue weighted by Gasteiger charge is -2.11. The molecule has 0 amide bonds. The molecular formula is C17H18ClNO4S. The molecule has 0 atom stereocenters. The van der Waals surface area contributed by atoms with Gasteiger partial charge in [-0.25, -0.2) is 8.42 Å². The molecule has 0 aliphatic heterocycles. The van der Waals surface area contributed by atoms with Crippen LogP contribution in [0.4, 0.5) is 5.69 Å². The Labute approximate surface area is 146 Å². The lowest BCUT2D eigenvalue weighted by Crippen LogP contribution is -2.15. The summed E-state index contributed by atoms with van der Waals surface area (Å²) in [6, 6.07) is 13.5. The highest BCUT2D eigenvalue weighted by Gasteiger charge is 2.14. The standard InChI is InChI=1S/C17H18ClNO4S/c1-2-23-17(20)11-14-10-15(8-9-16(14)18)19-24(21,22)12-13-6-4-3-5-7-13/h3-10,19H,2,11-12H2,1H3. The van der Waals surface area contributed by atoms with Crippen molar-refractivity contribution in [3.8, 4) is 0 Å². The van der Waals surface area contributed by atoms with Crippen LogP contribution < -0.4 is 4.72 Å². The molecule has 0 aliphatic carbocycles. The number of ether oxygens (including phenoxy) is 1. The molecule has 0 unspecified atom stereocenters. The molecule has 0 aromatic heterocycles. The van der Waals surface area contributed by atoms with E-state index in [2.05, 4.69) is 4.72 Å². The molecule has 0 heterocycles. The molecule has 128 valence electrons. The van der Waals surface area contributed by atoms with E-state index in [1.165, 1.54) is 0 Å². The van der Waals surface area contributed by atoms with Crippen molar-refractivity contribution in [3.63, 3.8) is 0 Å². The van der Waals surface area contributed by atoms with Crippen LogP contribution in [0.25, 0.3) is 0 Å². The minimum absolute atomic E-state index is 0.0130. The summed E-state index contributed by atoms with van der Waals surface area (Å²) < 4.78 is 31.9. The van der Waals surface area contributed by atoms with Crippen LogP contribution in [0.3, 0.4) is 0 Å². The van der Waals surface area contributed by atoms with Crippen molar-refractivity contribution in [2.75, 3.05) is 11.3 Å². The van der Waals surface area contributed by atoms with Crippen LogP contribution in [0.5, 0.6) is 0 Å². The number of nitrogens with one attached hydrogen (secondary N) is 1. The first kappa shape index (κ1) is 18.3. The van der Waals surface area contributed by atoms with E-state index in [1.807, 2.05) is 6.07 Å². The Morgan fingerprint density at radius 2 is 1.88 bits per heavy atom. The molecule has 24 heavy (non-hydrogen) atoms. The normalized spacial score (nSPS) is 11.1. The van der Waals surface area contributed by atoms with Crippen LogP contribution in [-0.2, 0) is 31.7 Å². The van der Waals surface area contributed by atoms with Crippen molar-refractivity contribution in [1.82, 2.24) is 0 Å². The van der Waals surface area contributed by atoms with Crippen molar-refractivity contribution in [2.24, 2.45) is 0 Å². The predicted octanol–water partition coefficient (Wildman–Crippen LogP) is 3.39. The second kappa shape index (κ2) is 8.17. The first-order valence-electron chi connectivity index (χ1n) is 7.38. The number of hydrogen-bond acceptors (Lipinski definition) is 4. The van der Waals surface area contributed by atoms with Gasteiger partial charge in [0.05, 0.1) is 18.8 Å². The van der Waals surface area contributed by atoms with Crippen LogP contribution in [0.2, 0.25) is 5.02 Å². The predicted molar refractivity (Wildman–Crippen MR) is 94.5 cm³/mol. The van der Waals surface area contributed by atoms with E-state index in [-0.39, 0.29) is 18.8 Å². The zero-order chi connectivity index (χ0) is 17.6. The molecule has 0 bridgehead atoms. The molecule has 7 heteroatoms. The van der Waals surface area contributed by atoms with E-state index in [4.69, 9.17) is 16.3 Å². The smallest absolute Gasteiger partial charge is 0.310 e. The van der Waals surface area contributed by atoms with Crippen molar-refractivity contribution >= 4 is 33.3 Å². The molecule has 0 aliphatic rings. The highest BCUT2D eigenvalue weighted by Crippen LogP contribution is 2.23. The Morgan fingerprint density at radius 1 is 1.17 bits per heavy atom. The lowest BCUT2D eigenvalue weighted by atomic mass is 10.1. The maximum absolute atomic E-state index is 12.3. The number of benzene rings is 2. The minimum Gasteiger partial charge on any atom is -0.466 e. The number of esters is 1. The third-order valence-electron chi connectivity index (χ3n) is 3.16. The van der Waals surface area contributed by atoms with Crippen molar-refractivity contribution < 1.29 is 17.9 Å². The number of carbonyl (C=O) groups is 1. The van der Waals surface area contributed by atoms with Crippen LogP contribution in [-0.4, -0.2) is 21.0 Å². The van der Waals surface area contributed by atoms with E-state index < -0.39 is 16.0 Å². The Kier molecular flexibility index (Phi) is 6.23. The van der Waals surface area contributed by atoms with Crippen molar-refractivity contribution in [2.45, 2.75) is 19.1 Å². The summed E-state index contributed by atoms with van der Waals surface area (Å²) in [6.07, 6.45) is -0.0130. The molecular weight excluding hydrogens is 350 g/mol. The van der Waals surface area contributed by atoms with E-state index in [9.17, 15) is 13.2 Å². The molecule has 0 saturated heterocycles. The largest absolute Gasteiger partial charge is 0.466 e. The molecule has 2 rings (SSSR count). The zero-order valence-corrected chi connectivity index (χ0v) is 14.7. The Morgan fingerprint density at radius 3 is 2.54 bits per heavy atom. The number of rotatable bonds is 7. The van der Waals surface area contributed by atoms with Gasteiger partial charge in [-0.3, -0.25) is 9.52 Å². The third kappa shape index (κ3) is 5.54. The maximum atomic E-state index is 12.3. The van der Waals surface area contributed by atoms with Gasteiger partial charge in [0.1, 0.15) is 0 Å².